The monoisotopic (exact) mass is 451 g/mol. The Morgan fingerprint density at radius 3 is 2.47 bits per heavy atom. The van der Waals surface area contributed by atoms with Crippen molar-refractivity contribution in [3.05, 3.63) is 64.3 Å². The number of rotatable bonds is 6. The Bertz CT molecular complexity index is 1060. The second-order valence-electron chi connectivity index (χ2n) is 7.70. The molecule has 0 radical (unpaired) electrons. The Balaban J connectivity index is 1.59. The van der Waals surface area contributed by atoms with Crippen LogP contribution in [-0.4, -0.2) is 43.0 Å². The zero-order chi connectivity index (χ0) is 22.9. The zero-order valence-electron chi connectivity index (χ0n) is 18.3. The molecule has 3 rings (SSSR count). The summed E-state index contributed by atoms with van der Waals surface area (Å²) in [5.41, 5.74) is 3.18. The molecule has 1 amide bonds. The Hall–Kier alpha value is -3.14. The molecule has 0 saturated carbocycles. The van der Waals surface area contributed by atoms with Crippen molar-refractivity contribution < 1.29 is 14.3 Å². The van der Waals surface area contributed by atoms with Gasteiger partial charge in [-0.2, -0.15) is 0 Å². The van der Waals surface area contributed by atoms with E-state index in [0.29, 0.717) is 24.1 Å². The number of halogens is 1. The van der Waals surface area contributed by atoms with Crippen LogP contribution in [0, 0.1) is 11.8 Å². The number of pyridine rings is 1. The molecule has 1 saturated heterocycles. The van der Waals surface area contributed by atoms with Crippen LogP contribution in [-0.2, 0) is 14.3 Å². The second-order valence-corrected chi connectivity index (χ2v) is 8.09. The van der Waals surface area contributed by atoms with E-state index in [1.165, 1.54) is 0 Å². The molecule has 0 bridgehead atoms. The molecule has 6 nitrogen and oxygen atoms in total. The summed E-state index contributed by atoms with van der Waals surface area (Å²) in [5.74, 6) is 6.80. The van der Waals surface area contributed by atoms with Gasteiger partial charge in [-0.25, -0.2) is 4.98 Å². The molecule has 0 atom stereocenters. The van der Waals surface area contributed by atoms with Crippen LogP contribution in [0.3, 0.4) is 0 Å². The van der Waals surface area contributed by atoms with Crippen molar-refractivity contribution in [2.45, 2.75) is 26.7 Å². The number of ether oxygens (including phenoxy) is 1. The number of allylic oxidation sites excluding steroid dienone is 2. The molecule has 32 heavy (non-hydrogen) atoms. The van der Waals surface area contributed by atoms with Gasteiger partial charge < -0.3 is 15.0 Å². The summed E-state index contributed by atoms with van der Waals surface area (Å²) in [5, 5.41) is 3.20. The Kier molecular flexibility index (Phi) is 8.43. The van der Waals surface area contributed by atoms with Crippen LogP contribution in [0.1, 0.15) is 37.8 Å². The summed E-state index contributed by atoms with van der Waals surface area (Å²) in [6, 6.07) is 10.9. The average molecular weight is 452 g/mol. The van der Waals surface area contributed by atoms with Crippen LogP contribution in [0.2, 0.25) is 5.15 Å². The summed E-state index contributed by atoms with van der Waals surface area (Å²) >= 11 is 6.19. The van der Waals surface area contributed by atoms with Gasteiger partial charge in [0.25, 0.3) is 0 Å². The predicted molar refractivity (Wildman–Crippen MR) is 127 cm³/mol. The van der Waals surface area contributed by atoms with E-state index >= 15 is 0 Å². The number of ketones is 1. The first kappa shape index (κ1) is 23.5. The highest BCUT2D eigenvalue weighted by atomic mass is 35.5. The number of morpholine rings is 1. The summed E-state index contributed by atoms with van der Waals surface area (Å²) in [6.07, 6.45) is 1.90. The topological polar surface area (TPSA) is 71.5 Å². The van der Waals surface area contributed by atoms with Crippen molar-refractivity contribution in [2.24, 2.45) is 0 Å². The maximum atomic E-state index is 12.1. The van der Waals surface area contributed by atoms with Crippen molar-refractivity contribution >= 4 is 34.8 Å². The molecular formula is C25H26ClN3O3. The summed E-state index contributed by atoms with van der Waals surface area (Å²) < 4.78 is 5.38. The minimum Gasteiger partial charge on any atom is -0.378 e. The van der Waals surface area contributed by atoms with Gasteiger partial charge in [-0.15, -0.1) is 0 Å². The number of anilines is 2. The standard InChI is InChI=1S/C25H26ClN3O3/c1-18(2)15-22(30)9-10-25(31)27-21-7-5-19(6-8-21)3-4-20-16-23(26)28-24(17-20)29-11-13-32-14-12-29/h5-8,15-17H,9-14H2,1-2H3,(H,27,31). The van der Waals surface area contributed by atoms with Crippen LogP contribution >= 0.6 is 11.6 Å². The normalized spacial score (nSPS) is 13.0. The number of amides is 1. The molecule has 7 heteroatoms. The molecule has 0 unspecified atom stereocenters. The lowest BCUT2D eigenvalue weighted by Crippen LogP contribution is -2.36. The first-order chi connectivity index (χ1) is 15.4. The molecule has 1 aliphatic heterocycles. The van der Waals surface area contributed by atoms with E-state index in [2.05, 4.69) is 27.0 Å². The molecule has 1 fully saturated rings. The fourth-order valence-electron chi connectivity index (χ4n) is 3.15. The van der Waals surface area contributed by atoms with Crippen molar-refractivity contribution in [1.82, 2.24) is 4.98 Å². The van der Waals surface area contributed by atoms with Gasteiger partial charge in [0.1, 0.15) is 11.0 Å². The third kappa shape index (κ3) is 7.52. The molecule has 1 aliphatic rings. The summed E-state index contributed by atoms with van der Waals surface area (Å²) in [7, 11) is 0. The number of nitrogens with one attached hydrogen (secondary N) is 1. The largest absolute Gasteiger partial charge is 0.378 e. The van der Waals surface area contributed by atoms with Crippen molar-refractivity contribution in [3.63, 3.8) is 0 Å². The number of carbonyl (C=O) groups excluding carboxylic acids is 2. The Labute approximate surface area is 193 Å². The van der Waals surface area contributed by atoms with E-state index in [1.807, 2.05) is 32.0 Å². The van der Waals surface area contributed by atoms with Gasteiger partial charge in [-0.05, 0) is 56.3 Å². The van der Waals surface area contributed by atoms with Gasteiger partial charge >= 0.3 is 0 Å². The summed E-state index contributed by atoms with van der Waals surface area (Å²) in [6.45, 7) is 6.60. The molecule has 1 aromatic carbocycles. The zero-order valence-corrected chi connectivity index (χ0v) is 19.0. The number of carbonyl (C=O) groups is 2. The average Bonchev–Trinajstić information content (AvgIpc) is 2.77. The highest BCUT2D eigenvalue weighted by Gasteiger charge is 2.13. The van der Waals surface area contributed by atoms with Gasteiger partial charge in [-0.1, -0.05) is 29.0 Å². The molecule has 2 heterocycles. The molecule has 1 N–H and O–H groups in total. The van der Waals surface area contributed by atoms with Crippen LogP contribution < -0.4 is 10.2 Å². The number of benzene rings is 1. The first-order valence-corrected chi connectivity index (χ1v) is 10.9. The molecule has 2 aromatic rings. The van der Waals surface area contributed by atoms with Gasteiger partial charge in [-0.3, -0.25) is 9.59 Å². The maximum absolute atomic E-state index is 12.1. The highest BCUT2D eigenvalue weighted by Crippen LogP contribution is 2.19. The maximum Gasteiger partial charge on any atom is 0.224 e. The number of hydrogen-bond acceptors (Lipinski definition) is 5. The second kappa shape index (κ2) is 11.5. The van der Waals surface area contributed by atoms with Gasteiger partial charge in [0.05, 0.1) is 13.2 Å². The van der Waals surface area contributed by atoms with E-state index in [4.69, 9.17) is 16.3 Å². The third-order valence-electron chi connectivity index (χ3n) is 4.68. The molecular weight excluding hydrogens is 426 g/mol. The fraction of sp³-hybridized carbons (Fsp3) is 0.320. The van der Waals surface area contributed by atoms with E-state index in [0.717, 1.165) is 35.6 Å². The molecule has 0 aliphatic carbocycles. The number of nitrogens with zero attached hydrogens (tertiary/aromatic N) is 2. The smallest absolute Gasteiger partial charge is 0.224 e. The van der Waals surface area contributed by atoms with Gasteiger partial charge in [0, 0.05) is 42.7 Å². The van der Waals surface area contributed by atoms with Crippen LogP contribution in [0.15, 0.2) is 48.0 Å². The fourth-order valence-corrected chi connectivity index (χ4v) is 3.35. The van der Waals surface area contributed by atoms with Gasteiger partial charge in [0.15, 0.2) is 5.78 Å². The summed E-state index contributed by atoms with van der Waals surface area (Å²) in [4.78, 5) is 30.3. The number of aromatic nitrogens is 1. The van der Waals surface area contributed by atoms with Crippen LogP contribution in [0.5, 0.6) is 0 Å². The van der Waals surface area contributed by atoms with Crippen LogP contribution in [0.25, 0.3) is 0 Å². The lowest BCUT2D eigenvalue weighted by atomic mass is 10.1. The third-order valence-corrected chi connectivity index (χ3v) is 4.88. The molecule has 166 valence electrons. The van der Waals surface area contributed by atoms with Crippen molar-refractivity contribution in [2.75, 3.05) is 36.5 Å². The van der Waals surface area contributed by atoms with Crippen molar-refractivity contribution in [3.8, 4) is 11.8 Å². The highest BCUT2D eigenvalue weighted by molar-refractivity contribution is 6.29. The van der Waals surface area contributed by atoms with E-state index in [-0.39, 0.29) is 24.5 Å². The SMILES string of the molecule is CC(C)=CC(=O)CCC(=O)Nc1ccc(C#Cc2cc(Cl)nc(N3CCOCC3)c2)cc1. The minimum atomic E-state index is -0.193. The van der Waals surface area contributed by atoms with E-state index < -0.39 is 0 Å². The Morgan fingerprint density at radius 2 is 1.78 bits per heavy atom. The van der Waals surface area contributed by atoms with Crippen molar-refractivity contribution in [1.29, 1.82) is 0 Å². The molecule has 0 spiro atoms. The molecule has 1 aromatic heterocycles. The minimum absolute atomic E-state index is 0.0428. The number of hydrogen-bond donors (Lipinski definition) is 1. The predicted octanol–water partition coefficient (Wildman–Crippen LogP) is 4.23. The lowest BCUT2D eigenvalue weighted by molar-refractivity contribution is -0.120. The first-order valence-electron chi connectivity index (χ1n) is 10.5. The quantitative estimate of drug-likeness (QED) is 0.404. The van der Waals surface area contributed by atoms with Gasteiger partial charge in [0.2, 0.25) is 5.91 Å². The van der Waals surface area contributed by atoms with Crippen LogP contribution in [0.4, 0.5) is 11.5 Å². The van der Waals surface area contributed by atoms with E-state index in [1.54, 1.807) is 24.3 Å². The van der Waals surface area contributed by atoms with E-state index in [9.17, 15) is 9.59 Å². The lowest BCUT2D eigenvalue weighted by Gasteiger charge is -2.27. The Morgan fingerprint density at radius 1 is 1.09 bits per heavy atom.